The Morgan fingerprint density at radius 2 is 2.00 bits per heavy atom. The van der Waals surface area contributed by atoms with Crippen LogP contribution in [0.5, 0.6) is 6.01 Å². The van der Waals surface area contributed by atoms with Crippen LogP contribution in [-0.4, -0.2) is 22.4 Å². The predicted octanol–water partition coefficient (Wildman–Crippen LogP) is 3.00. The van der Waals surface area contributed by atoms with Gasteiger partial charge in [0.05, 0.1) is 16.9 Å². The number of ether oxygens (including phenoxy) is 1. The second-order valence-corrected chi connectivity index (χ2v) is 6.17. The van der Waals surface area contributed by atoms with Crippen LogP contribution < -0.4 is 21.3 Å². The number of anilines is 1. The van der Waals surface area contributed by atoms with Gasteiger partial charge in [0.1, 0.15) is 6.61 Å². The number of nitrogens with zero attached hydrogens (tertiary/aromatic N) is 3. The number of hydrogen-bond acceptors (Lipinski definition) is 7. The van der Waals surface area contributed by atoms with Gasteiger partial charge in [0, 0.05) is 36.1 Å². The minimum absolute atomic E-state index is 0.0272. The average Bonchev–Trinajstić information content (AvgIpc) is 2.59. The van der Waals surface area contributed by atoms with Crippen molar-refractivity contribution in [1.29, 1.82) is 0 Å². The minimum Gasteiger partial charge on any atom is -0.457 e. The molecule has 144 valence electrons. The zero-order chi connectivity index (χ0) is 20.2. The van der Waals surface area contributed by atoms with Crippen LogP contribution in [0.2, 0.25) is 5.02 Å². The van der Waals surface area contributed by atoms with E-state index in [0.29, 0.717) is 5.56 Å². The summed E-state index contributed by atoms with van der Waals surface area (Å²) in [6, 6.07) is 4.01. The van der Waals surface area contributed by atoms with Crippen LogP contribution in [0.25, 0.3) is 0 Å². The number of aromatic nitrogens is 2. The summed E-state index contributed by atoms with van der Waals surface area (Å²) < 4.78 is 32.4. The number of alkyl halides is 2. The van der Waals surface area contributed by atoms with Gasteiger partial charge in [-0.3, -0.25) is 9.80 Å². The smallest absolute Gasteiger partial charge is 0.316 e. The number of ketones is 1. The maximum atomic E-state index is 13.6. The first-order valence-corrected chi connectivity index (χ1v) is 8.09. The number of carbonyl (C=O) groups excluding carboxylic acids is 1. The Morgan fingerprint density at radius 1 is 1.37 bits per heavy atom. The van der Waals surface area contributed by atoms with E-state index in [2.05, 4.69) is 9.97 Å². The molecule has 0 saturated heterocycles. The van der Waals surface area contributed by atoms with Crippen molar-refractivity contribution in [3.05, 3.63) is 58.6 Å². The van der Waals surface area contributed by atoms with E-state index in [0.717, 1.165) is 11.9 Å². The SMILES string of the molecule is CC(=O)c1cnc(OC/C(N)=C/N(N)c2ccc(Cl)c(C(C)(F)F)c2)nc1. The molecule has 0 aliphatic carbocycles. The summed E-state index contributed by atoms with van der Waals surface area (Å²) in [5.41, 5.74) is 6.28. The lowest BCUT2D eigenvalue weighted by atomic mass is 10.1. The number of nitrogens with two attached hydrogens (primary N) is 2. The fourth-order valence-corrected chi connectivity index (χ4v) is 2.30. The first-order valence-electron chi connectivity index (χ1n) is 7.71. The second kappa shape index (κ2) is 8.28. The molecule has 4 N–H and O–H groups in total. The first kappa shape index (κ1) is 20.5. The monoisotopic (exact) mass is 397 g/mol. The molecule has 0 spiro atoms. The van der Waals surface area contributed by atoms with Gasteiger partial charge in [-0.25, -0.2) is 24.6 Å². The molecule has 7 nitrogen and oxygen atoms in total. The Bertz CT molecular complexity index is 853. The average molecular weight is 398 g/mol. The molecule has 0 fully saturated rings. The minimum atomic E-state index is -3.12. The van der Waals surface area contributed by atoms with Gasteiger partial charge in [-0.05, 0) is 25.1 Å². The van der Waals surface area contributed by atoms with Gasteiger partial charge in [0.2, 0.25) is 0 Å². The van der Waals surface area contributed by atoms with Crippen molar-refractivity contribution in [2.75, 3.05) is 11.6 Å². The fourth-order valence-electron chi connectivity index (χ4n) is 2.02. The van der Waals surface area contributed by atoms with Crippen LogP contribution in [-0.2, 0) is 5.92 Å². The highest BCUT2D eigenvalue weighted by atomic mass is 35.5. The zero-order valence-electron chi connectivity index (χ0n) is 14.6. The number of hydrogen-bond donors (Lipinski definition) is 2. The molecular formula is C17H18ClF2N5O2. The highest BCUT2D eigenvalue weighted by Crippen LogP contribution is 2.35. The van der Waals surface area contributed by atoms with Crippen LogP contribution in [0.3, 0.4) is 0 Å². The standard InChI is InChI=1S/C17H18ClF2N5O2/c1-10(26)11-6-23-16(24-7-11)27-9-12(21)8-25(22)13-3-4-15(18)14(5-13)17(2,19)20/h3-8H,9,21-22H2,1-2H3/b12-8-. The molecule has 2 aromatic rings. The van der Waals surface area contributed by atoms with Crippen LogP contribution in [0.15, 0.2) is 42.5 Å². The molecule has 0 amide bonds. The lowest BCUT2D eigenvalue weighted by Gasteiger charge is -2.19. The highest BCUT2D eigenvalue weighted by Gasteiger charge is 2.27. The van der Waals surface area contributed by atoms with Gasteiger partial charge in [-0.15, -0.1) is 0 Å². The Morgan fingerprint density at radius 3 is 2.56 bits per heavy atom. The van der Waals surface area contributed by atoms with Crippen molar-refractivity contribution in [1.82, 2.24) is 9.97 Å². The number of carbonyl (C=O) groups is 1. The number of benzene rings is 1. The number of Topliss-reactive ketones (excluding diaryl/α,β-unsaturated/α-hetero) is 1. The van der Waals surface area contributed by atoms with Gasteiger partial charge in [-0.2, -0.15) is 0 Å². The lowest BCUT2D eigenvalue weighted by molar-refractivity contribution is 0.0176. The maximum absolute atomic E-state index is 13.6. The van der Waals surface area contributed by atoms with Crippen molar-refractivity contribution in [3.8, 4) is 6.01 Å². The summed E-state index contributed by atoms with van der Waals surface area (Å²) in [4.78, 5) is 18.9. The third-order valence-electron chi connectivity index (χ3n) is 3.43. The predicted molar refractivity (Wildman–Crippen MR) is 97.5 cm³/mol. The molecule has 0 unspecified atom stereocenters. The molecule has 27 heavy (non-hydrogen) atoms. The fraction of sp³-hybridized carbons (Fsp3) is 0.235. The van der Waals surface area contributed by atoms with Crippen molar-refractivity contribution in [2.45, 2.75) is 19.8 Å². The van der Waals surface area contributed by atoms with Crippen LogP contribution in [0.1, 0.15) is 29.8 Å². The van der Waals surface area contributed by atoms with E-state index in [1.165, 1.54) is 43.7 Å². The quantitative estimate of drug-likeness (QED) is 0.420. The summed E-state index contributed by atoms with van der Waals surface area (Å²) in [5.74, 6) is 2.56. The van der Waals surface area contributed by atoms with E-state index in [-0.39, 0.29) is 40.4 Å². The van der Waals surface area contributed by atoms with Crippen LogP contribution in [0.4, 0.5) is 14.5 Å². The van der Waals surface area contributed by atoms with E-state index in [1.54, 1.807) is 0 Å². The Kier molecular flexibility index (Phi) is 6.29. The normalized spacial score (nSPS) is 12.0. The first-order chi connectivity index (χ1) is 12.6. The Balaban J connectivity index is 2.06. The molecule has 0 saturated carbocycles. The molecule has 10 heteroatoms. The molecule has 1 aromatic heterocycles. The molecule has 2 rings (SSSR count). The highest BCUT2D eigenvalue weighted by molar-refractivity contribution is 6.31. The second-order valence-electron chi connectivity index (χ2n) is 5.76. The topological polar surface area (TPSA) is 107 Å². The van der Waals surface area contributed by atoms with E-state index in [1.807, 2.05) is 0 Å². The van der Waals surface area contributed by atoms with Crippen molar-refractivity contribution in [3.63, 3.8) is 0 Å². The Labute approximate surface area is 159 Å². The molecular weight excluding hydrogens is 380 g/mol. The van der Waals surface area contributed by atoms with Crippen LogP contribution in [0, 0.1) is 0 Å². The lowest BCUT2D eigenvalue weighted by Crippen LogP contribution is -2.27. The van der Waals surface area contributed by atoms with Gasteiger partial charge in [-0.1, -0.05) is 11.6 Å². The van der Waals surface area contributed by atoms with Gasteiger partial charge >= 0.3 is 6.01 Å². The Hall–Kier alpha value is -2.78. The number of halogens is 3. The van der Waals surface area contributed by atoms with E-state index >= 15 is 0 Å². The number of hydrazine groups is 1. The molecule has 0 aliphatic rings. The van der Waals surface area contributed by atoms with Crippen LogP contribution >= 0.6 is 11.6 Å². The van der Waals surface area contributed by atoms with Crippen molar-refractivity contribution >= 4 is 23.1 Å². The number of rotatable bonds is 7. The molecule has 1 aromatic carbocycles. The van der Waals surface area contributed by atoms with Crippen molar-refractivity contribution in [2.24, 2.45) is 11.6 Å². The third kappa shape index (κ3) is 5.60. The summed E-state index contributed by atoms with van der Waals surface area (Å²) in [6.07, 6.45) is 3.98. The third-order valence-corrected chi connectivity index (χ3v) is 3.76. The summed E-state index contributed by atoms with van der Waals surface area (Å²) in [5, 5.41) is 1.01. The molecule has 0 atom stereocenters. The zero-order valence-corrected chi connectivity index (χ0v) is 15.4. The van der Waals surface area contributed by atoms with Gasteiger partial charge in [0.15, 0.2) is 5.78 Å². The molecule has 0 bridgehead atoms. The molecule has 1 heterocycles. The van der Waals surface area contributed by atoms with Gasteiger partial charge < -0.3 is 10.5 Å². The molecule has 0 aliphatic heterocycles. The molecule has 0 radical (unpaired) electrons. The van der Waals surface area contributed by atoms with E-state index in [4.69, 9.17) is 27.9 Å². The van der Waals surface area contributed by atoms with Gasteiger partial charge in [0.25, 0.3) is 5.92 Å². The summed E-state index contributed by atoms with van der Waals surface area (Å²) in [7, 11) is 0. The summed E-state index contributed by atoms with van der Waals surface area (Å²) in [6.45, 7) is 2.04. The van der Waals surface area contributed by atoms with E-state index < -0.39 is 5.92 Å². The largest absolute Gasteiger partial charge is 0.457 e. The summed E-state index contributed by atoms with van der Waals surface area (Å²) >= 11 is 5.81. The van der Waals surface area contributed by atoms with E-state index in [9.17, 15) is 13.6 Å². The maximum Gasteiger partial charge on any atom is 0.316 e. The van der Waals surface area contributed by atoms with Crippen molar-refractivity contribution < 1.29 is 18.3 Å².